The number of hydrogen-bond donors (Lipinski definition) is 1. The molecule has 0 aromatic rings. The van der Waals surface area contributed by atoms with Gasteiger partial charge in [0.25, 0.3) is 0 Å². The molecule has 92 valence electrons. The van der Waals surface area contributed by atoms with E-state index in [9.17, 15) is 9.59 Å². The molecule has 0 aliphatic rings. The topological polar surface area (TPSA) is 55.4 Å². The van der Waals surface area contributed by atoms with Crippen LogP contribution in [0.25, 0.3) is 0 Å². The molecule has 0 aromatic carbocycles. The number of hydrogen-bond acceptors (Lipinski definition) is 3. The SMILES string of the molecule is C=CC(=O)NCCC[N+](C)(C)CC(=O)OC. The Morgan fingerprint density at radius 1 is 1.44 bits per heavy atom. The maximum Gasteiger partial charge on any atom is 0.361 e. The highest BCUT2D eigenvalue weighted by atomic mass is 16.5. The van der Waals surface area contributed by atoms with E-state index in [1.54, 1.807) is 0 Å². The Balaban J connectivity index is 3.77. The molecule has 0 radical (unpaired) electrons. The number of methoxy groups -OCH3 is 1. The molecule has 0 heterocycles. The number of quaternary nitrogens is 1. The number of amides is 1. The highest BCUT2D eigenvalue weighted by Gasteiger charge is 2.19. The van der Waals surface area contributed by atoms with E-state index >= 15 is 0 Å². The van der Waals surface area contributed by atoms with Crippen molar-refractivity contribution in [2.75, 3.05) is 40.8 Å². The van der Waals surface area contributed by atoms with E-state index in [0.29, 0.717) is 17.6 Å². The fourth-order valence-electron chi connectivity index (χ4n) is 1.28. The average molecular weight is 229 g/mol. The molecule has 1 N–H and O–H groups in total. The molecular formula is C11H21N2O3+. The molecule has 1 amide bonds. The first-order chi connectivity index (χ1) is 7.41. The van der Waals surface area contributed by atoms with E-state index in [4.69, 9.17) is 0 Å². The van der Waals surface area contributed by atoms with Gasteiger partial charge in [0.15, 0.2) is 6.54 Å². The van der Waals surface area contributed by atoms with Crippen LogP contribution in [0.15, 0.2) is 12.7 Å². The van der Waals surface area contributed by atoms with Crippen LogP contribution in [0.2, 0.25) is 0 Å². The lowest BCUT2D eigenvalue weighted by Crippen LogP contribution is -2.45. The van der Waals surface area contributed by atoms with Crippen molar-refractivity contribution in [2.24, 2.45) is 0 Å². The zero-order chi connectivity index (χ0) is 12.6. The summed E-state index contributed by atoms with van der Waals surface area (Å²) in [5.41, 5.74) is 0. The van der Waals surface area contributed by atoms with Crippen molar-refractivity contribution in [3.05, 3.63) is 12.7 Å². The third-order valence-corrected chi connectivity index (χ3v) is 2.21. The second-order valence-electron chi connectivity index (χ2n) is 4.24. The van der Waals surface area contributed by atoms with Crippen LogP contribution in [0.3, 0.4) is 0 Å². The number of rotatable bonds is 7. The minimum atomic E-state index is -0.222. The number of nitrogens with zero attached hydrogens (tertiary/aromatic N) is 1. The molecule has 0 saturated carbocycles. The first-order valence-corrected chi connectivity index (χ1v) is 5.20. The molecule has 0 bridgehead atoms. The fourth-order valence-corrected chi connectivity index (χ4v) is 1.28. The molecule has 0 unspecified atom stereocenters. The van der Waals surface area contributed by atoms with Crippen LogP contribution in [-0.4, -0.2) is 57.2 Å². The summed E-state index contributed by atoms with van der Waals surface area (Å²) in [6.45, 7) is 5.09. The van der Waals surface area contributed by atoms with Gasteiger partial charge in [-0.2, -0.15) is 0 Å². The monoisotopic (exact) mass is 229 g/mol. The highest BCUT2D eigenvalue weighted by Crippen LogP contribution is 1.99. The van der Waals surface area contributed by atoms with E-state index in [1.807, 2.05) is 14.1 Å². The lowest BCUT2D eigenvalue weighted by atomic mass is 10.3. The summed E-state index contributed by atoms with van der Waals surface area (Å²) in [6.07, 6.45) is 2.05. The minimum Gasteiger partial charge on any atom is -0.465 e. The highest BCUT2D eigenvalue weighted by molar-refractivity contribution is 5.86. The Labute approximate surface area is 96.7 Å². The quantitative estimate of drug-likeness (QED) is 0.288. The van der Waals surface area contributed by atoms with E-state index in [-0.39, 0.29) is 11.9 Å². The van der Waals surface area contributed by atoms with Gasteiger partial charge in [-0.15, -0.1) is 0 Å². The lowest BCUT2D eigenvalue weighted by molar-refractivity contribution is -0.883. The van der Waals surface area contributed by atoms with Gasteiger partial charge in [0.1, 0.15) is 0 Å². The van der Waals surface area contributed by atoms with Crippen LogP contribution < -0.4 is 5.32 Å². The van der Waals surface area contributed by atoms with Gasteiger partial charge in [-0.25, -0.2) is 4.79 Å². The number of carbonyl (C=O) groups is 2. The minimum absolute atomic E-state index is 0.168. The molecule has 5 nitrogen and oxygen atoms in total. The van der Waals surface area contributed by atoms with Gasteiger partial charge in [-0.05, 0) is 6.08 Å². The Hall–Kier alpha value is -1.36. The maximum absolute atomic E-state index is 11.1. The van der Waals surface area contributed by atoms with Crippen LogP contribution in [0.1, 0.15) is 6.42 Å². The first kappa shape index (κ1) is 14.6. The van der Waals surface area contributed by atoms with Crippen LogP contribution in [0, 0.1) is 0 Å². The normalized spacial score (nSPS) is 10.7. The fraction of sp³-hybridized carbons (Fsp3) is 0.636. The predicted molar refractivity (Wildman–Crippen MR) is 61.7 cm³/mol. The van der Waals surface area contributed by atoms with Crippen molar-refractivity contribution in [1.82, 2.24) is 5.32 Å². The van der Waals surface area contributed by atoms with Crippen molar-refractivity contribution in [3.63, 3.8) is 0 Å². The largest absolute Gasteiger partial charge is 0.465 e. The third kappa shape index (κ3) is 7.00. The molecule has 0 spiro atoms. The number of nitrogens with one attached hydrogen (secondary N) is 1. The molecule has 0 atom stereocenters. The lowest BCUT2D eigenvalue weighted by Gasteiger charge is -2.28. The van der Waals surface area contributed by atoms with Crippen LogP contribution in [0.4, 0.5) is 0 Å². The standard InChI is InChI=1S/C11H20N2O3/c1-5-10(14)12-7-6-8-13(2,3)9-11(15)16-4/h5H,1,6-9H2,2-4H3/p+1. The van der Waals surface area contributed by atoms with Crippen LogP contribution in [0.5, 0.6) is 0 Å². The van der Waals surface area contributed by atoms with Gasteiger partial charge in [0, 0.05) is 13.0 Å². The molecule has 5 heteroatoms. The molecular weight excluding hydrogens is 208 g/mol. The Morgan fingerprint density at radius 2 is 2.06 bits per heavy atom. The smallest absolute Gasteiger partial charge is 0.361 e. The molecule has 0 aromatic heterocycles. The number of esters is 1. The van der Waals surface area contributed by atoms with Crippen molar-refractivity contribution in [3.8, 4) is 0 Å². The molecule has 0 fully saturated rings. The summed E-state index contributed by atoms with van der Waals surface area (Å²) in [4.78, 5) is 21.9. The molecule has 0 saturated heterocycles. The maximum atomic E-state index is 11.1. The van der Waals surface area contributed by atoms with E-state index in [2.05, 4.69) is 16.6 Å². The molecule has 0 aliphatic heterocycles. The summed E-state index contributed by atoms with van der Waals surface area (Å²) < 4.78 is 5.16. The summed E-state index contributed by atoms with van der Waals surface area (Å²) in [5, 5.41) is 2.69. The van der Waals surface area contributed by atoms with Gasteiger partial charge in [0.2, 0.25) is 5.91 Å². The van der Waals surface area contributed by atoms with Gasteiger partial charge in [-0.1, -0.05) is 6.58 Å². The van der Waals surface area contributed by atoms with Gasteiger partial charge in [-0.3, -0.25) is 4.79 Å². The third-order valence-electron chi connectivity index (χ3n) is 2.21. The Morgan fingerprint density at radius 3 is 2.56 bits per heavy atom. The summed E-state index contributed by atoms with van der Waals surface area (Å²) >= 11 is 0. The number of carbonyl (C=O) groups excluding carboxylic acids is 2. The molecule has 0 aliphatic carbocycles. The molecule has 16 heavy (non-hydrogen) atoms. The van der Waals surface area contributed by atoms with Crippen LogP contribution >= 0.6 is 0 Å². The average Bonchev–Trinajstić information content (AvgIpc) is 2.23. The summed E-state index contributed by atoms with van der Waals surface area (Å²) in [5.74, 6) is -0.390. The second-order valence-corrected chi connectivity index (χ2v) is 4.24. The van der Waals surface area contributed by atoms with Gasteiger partial charge >= 0.3 is 5.97 Å². The van der Waals surface area contributed by atoms with E-state index in [1.165, 1.54) is 13.2 Å². The van der Waals surface area contributed by atoms with E-state index in [0.717, 1.165) is 13.0 Å². The van der Waals surface area contributed by atoms with Crippen molar-refractivity contribution in [1.29, 1.82) is 0 Å². The Bertz CT molecular complexity index is 262. The zero-order valence-electron chi connectivity index (χ0n) is 10.3. The Kier molecular flexibility index (Phi) is 6.41. The zero-order valence-corrected chi connectivity index (χ0v) is 10.3. The predicted octanol–water partition coefficient (Wildman–Crippen LogP) is -0.0719. The number of ether oxygens (including phenoxy) is 1. The van der Waals surface area contributed by atoms with Gasteiger partial charge in [0.05, 0.1) is 27.7 Å². The first-order valence-electron chi connectivity index (χ1n) is 5.20. The van der Waals surface area contributed by atoms with Crippen molar-refractivity contribution >= 4 is 11.9 Å². The summed E-state index contributed by atoms with van der Waals surface area (Å²) in [6, 6.07) is 0. The van der Waals surface area contributed by atoms with E-state index < -0.39 is 0 Å². The molecule has 0 rings (SSSR count). The second kappa shape index (κ2) is 7.00. The summed E-state index contributed by atoms with van der Waals surface area (Å²) in [7, 11) is 5.28. The van der Waals surface area contributed by atoms with Gasteiger partial charge < -0.3 is 14.5 Å². The number of likely N-dealkylation sites (N-methyl/N-ethyl adjacent to an activating group) is 1. The van der Waals surface area contributed by atoms with Crippen LogP contribution in [-0.2, 0) is 14.3 Å². The van der Waals surface area contributed by atoms with Crippen molar-refractivity contribution in [2.45, 2.75) is 6.42 Å². The van der Waals surface area contributed by atoms with Crippen molar-refractivity contribution < 1.29 is 18.8 Å².